The van der Waals surface area contributed by atoms with E-state index < -0.39 is 11.2 Å². The fraction of sp³-hybridized carbons (Fsp3) is 0.333. The van der Waals surface area contributed by atoms with E-state index in [1.54, 1.807) is 32.2 Å². The normalized spacial score (nSPS) is 11.4. The van der Waals surface area contributed by atoms with Crippen LogP contribution in [0.2, 0.25) is 0 Å². The van der Waals surface area contributed by atoms with E-state index in [1.807, 2.05) is 19.9 Å². The van der Waals surface area contributed by atoms with Crippen molar-refractivity contribution in [1.82, 2.24) is 4.98 Å². The van der Waals surface area contributed by atoms with Gasteiger partial charge in [0.2, 0.25) is 0 Å². The largest absolute Gasteiger partial charge is 0.455 e. The van der Waals surface area contributed by atoms with Gasteiger partial charge in [-0.3, -0.25) is 9.78 Å². The number of carbonyl (C=O) groups excluding carboxylic acids is 1. The van der Waals surface area contributed by atoms with Crippen LogP contribution in [0, 0.1) is 19.7 Å². The van der Waals surface area contributed by atoms with Gasteiger partial charge in [-0.15, -0.1) is 0 Å². The van der Waals surface area contributed by atoms with Crippen LogP contribution in [-0.2, 0) is 10.2 Å². The number of benzene rings is 1. The fourth-order valence-corrected chi connectivity index (χ4v) is 2.17. The van der Waals surface area contributed by atoms with E-state index in [4.69, 9.17) is 4.74 Å². The lowest BCUT2D eigenvalue weighted by atomic mass is 9.80. The maximum Gasteiger partial charge on any atom is 0.146 e. The summed E-state index contributed by atoms with van der Waals surface area (Å²) in [5.41, 5.74) is 1.20. The van der Waals surface area contributed by atoms with Crippen molar-refractivity contribution < 1.29 is 13.9 Å². The molecule has 116 valence electrons. The summed E-state index contributed by atoms with van der Waals surface area (Å²) in [5, 5.41) is 0. The van der Waals surface area contributed by atoms with Crippen LogP contribution in [-0.4, -0.2) is 10.8 Å². The Kier molecular flexibility index (Phi) is 4.31. The monoisotopic (exact) mass is 301 g/mol. The Hall–Kier alpha value is -2.23. The molecule has 0 radical (unpaired) electrons. The molecule has 0 aliphatic rings. The summed E-state index contributed by atoms with van der Waals surface area (Å²) >= 11 is 0. The Morgan fingerprint density at radius 2 is 1.95 bits per heavy atom. The molecule has 0 aliphatic heterocycles. The van der Waals surface area contributed by atoms with Gasteiger partial charge in [-0.25, -0.2) is 4.39 Å². The Bertz CT molecular complexity index is 723. The summed E-state index contributed by atoms with van der Waals surface area (Å²) in [6.07, 6.45) is 1.60. The second-order valence-corrected chi connectivity index (χ2v) is 5.97. The quantitative estimate of drug-likeness (QED) is 0.835. The topological polar surface area (TPSA) is 39.2 Å². The smallest absolute Gasteiger partial charge is 0.146 e. The molecule has 0 fully saturated rings. The zero-order valence-corrected chi connectivity index (χ0v) is 13.5. The van der Waals surface area contributed by atoms with E-state index in [-0.39, 0.29) is 11.3 Å². The first kappa shape index (κ1) is 16.1. The van der Waals surface area contributed by atoms with Crippen LogP contribution >= 0.6 is 0 Å². The van der Waals surface area contributed by atoms with Crippen molar-refractivity contribution in [1.29, 1.82) is 0 Å². The molecular weight excluding hydrogens is 281 g/mol. The summed E-state index contributed by atoms with van der Waals surface area (Å²) in [7, 11) is 0. The van der Waals surface area contributed by atoms with E-state index in [2.05, 4.69) is 4.98 Å². The molecule has 1 aromatic heterocycles. The van der Waals surface area contributed by atoms with Crippen molar-refractivity contribution >= 4 is 5.78 Å². The third-order valence-electron chi connectivity index (χ3n) is 4.02. The Balaban J connectivity index is 2.50. The SMILES string of the molecule is CC(=O)C(C)(C)c1c(F)cccc1Oc1cnc(C)c(C)c1. The number of hydrogen-bond acceptors (Lipinski definition) is 3. The molecule has 0 bridgehead atoms. The van der Waals surface area contributed by atoms with Gasteiger partial charge in [0.25, 0.3) is 0 Å². The average molecular weight is 301 g/mol. The molecule has 1 aromatic carbocycles. The van der Waals surface area contributed by atoms with Crippen LogP contribution in [0.5, 0.6) is 11.5 Å². The van der Waals surface area contributed by atoms with Gasteiger partial charge in [0.05, 0.1) is 11.6 Å². The lowest BCUT2D eigenvalue weighted by Crippen LogP contribution is -2.28. The van der Waals surface area contributed by atoms with Crippen LogP contribution in [0.4, 0.5) is 4.39 Å². The number of hydrogen-bond donors (Lipinski definition) is 0. The van der Waals surface area contributed by atoms with E-state index in [9.17, 15) is 9.18 Å². The van der Waals surface area contributed by atoms with Crippen molar-refractivity contribution in [3.63, 3.8) is 0 Å². The minimum atomic E-state index is -0.964. The summed E-state index contributed by atoms with van der Waals surface area (Å²) in [6.45, 7) is 8.68. The molecule has 0 N–H and O–H groups in total. The highest BCUT2D eigenvalue weighted by atomic mass is 19.1. The summed E-state index contributed by atoms with van der Waals surface area (Å²) in [4.78, 5) is 16.1. The molecule has 0 saturated carbocycles. The second-order valence-electron chi connectivity index (χ2n) is 5.97. The number of ketones is 1. The maximum absolute atomic E-state index is 14.3. The third kappa shape index (κ3) is 3.01. The predicted molar refractivity (Wildman–Crippen MR) is 83.9 cm³/mol. The number of nitrogens with zero attached hydrogens (tertiary/aromatic N) is 1. The van der Waals surface area contributed by atoms with E-state index >= 15 is 0 Å². The number of aryl methyl sites for hydroxylation is 2. The van der Waals surface area contributed by atoms with Gasteiger partial charge in [0.1, 0.15) is 23.1 Å². The van der Waals surface area contributed by atoms with Gasteiger partial charge >= 0.3 is 0 Å². The summed E-state index contributed by atoms with van der Waals surface area (Å²) < 4.78 is 20.1. The highest BCUT2D eigenvalue weighted by Crippen LogP contribution is 2.37. The molecule has 0 aliphatic carbocycles. The molecule has 2 rings (SSSR count). The number of aromatic nitrogens is 1. The first-order chi connectivity index (χ1) is 10.2. The van der Waals surface area contributed by atoms with Crippen molar-refractivity contribution in [2.75, 3.05) is 0 Å². The van der Waals surface area contributed by atoms with Gasteiger partial charge in [-0.05, 0) is 58.4 Å². The molecule has 0 atom stereocenters. The highest BCUT2D eigenvalue weighted by Gasteiger charge is 2.32. The van der Waals surface area contributed by atoms with Crippen LogP contribution < -0.4 is 4.74 Å². The lowest BCUT2D eigenvalue weighted by molar-refractivity contribution is -0.121. The number of halogens is 1. The Morgan fingerprint density at radius 1 is 1.27 bits per heavy atom. The standard InChI is InChI=1S/C18H20FNO2/c1-11-9-14(10-20-12(11)2)22-16-8-6-7-15(19)17(16)18(4,5)13(3)21/h6-10H,1-5H3. The molecule has 4 heteroatoms. The first-order valence-electron chi connectivity index (χ1n) is 7.14. The Morgan fingerprint density at radius 3 is 2.55 bits per heavy atom. The highest BCUT2D eigenvalue weighted by molar-refractivity contribution is 5.88. The predicted octanol–water partition coefficient (Wildman–Crippen LogP) is 4.50. The molecule has 1 heterocycles. The molecular formula is C18H20FNO2. The fourth-order valence-electron chi connectivity index (χ4n) is 2.17. The number of Topliss-reactive ketones (excluding diaryl/α,β-unsaturated/α-hetero) is 1. The van der Waals surface area contributed by atoms with Crippen LogP contribution in [0.3, 0.4) is 0 Å². The number of rotatable bonds is 4. The number of ether oxygens (including phenoxy) is 1. The molecule has 2 aromatic rings. The molecule has 0 unspecified atom stereocenters. The van der Waals surface area contributed by atoms with Crippen molar-refractivity contribution in [2.45, 2.75) is 40.0 Å². The first-order valence-corrected chi connectivity index (χ1v) is 7.14. The van der Waals surface area contributed by atoms with Gasteiger partial charge in [0.15, 0.2) is 0 Å². The van der Waals surface area contributed by atoms with Gasteiger partial charge in [-0.2, -0.15) is 0 Å². The van der Waals surface area contributed by atoms with Gasteiger partial charge in [0, 0.05) is 11.3 Å². The maximum atomic E-state index is 14.3. The number of pyridine rings is 1. The minimum Gasteiger partial charge on any atom is -0.455 e. The van der Waals surface area contributed by atoms with Crippen molar-refractivity contribution in [3.8, 4) is 11.5 Å². The Labute approximate surface area is 130 Å². The zero-order chi connectivity index (χ0) is 16.5. The van der Waals surface area contributed by atoms with Crippen LogP contribution in [0.1, 0.15) is 37.6 Å². The van der Waals surface area contributed by atoms with E-state index in [0.717, 1.165) is 11.3 Å². The van der Waals surface area contributed by atoms with E-state index in [0.29, 0.717) is 11.5 Å². The molecule has 3 nitrogen and oxygen atoms in total. The third-order valence-corrected chi connectivity index (χ3v) is 4.02. The van der Waals surface area contributed by atoms with Gasteiger partial charge < -0.3 is 4.74 Å². The zero-order valence-electron chi connectivity index (χ0n) is 13.5. The number of carbonyl (C=O) groups is 1. The van der Waals surface area contributed by atoms with Crippen LogP contribution in [0.25, 0.3) is 0 Å². The van der Waals surface area contributed by atoms with Crippen molar-refractivity contribution in [2.24, 2.45) is 0 Å². The van der Waals surface area contributed by atoms with Gasteiger partial charge in [-0.1, -0.05) is 6.07 Å². The minimum absolute atomic E-state index is 0.124. The molecule has 22 heavy (non-hydrogen) atoms. The molecule has 0 amide bonds. The lowest BCUT2D eigenvalue weighted by Gasteiger charge is -2.25. The molecule has 0 spiro atoms. The van der Waals surface area contributed by atoms with E-state index in [1.165, 1.54) is 13.0 Å². The van der Waals surface area contributed by atoms with Crippen molar-refractivity contribution in [3.05, 3.63) is 53.1 Å². The summed E-state index contributed by atoms with van der Waals surface area (Å²) in [6, 6.07) is 6.42. The van der Waals surface area contributed by atoms with Crippen LogP contribution in [0.15, 0.2) is 30.5 Å². The average Bonchev–Trinajstić information content (AvgIpc) is 2.42. The second kappa shape index (κ2) is 5.87. The summed E-state index contributed by atoms with van der Waals surface area (Å²) in [5.74, 6) is 0.287. The molecule has 0 saturated heterocycles.